The molecule has 0 amide bonds. The van der Waals surface area contributed by atoms with E-state index in [2.05, 4.69) is 22.6 Å². The van der Waals surface area contributed by atoms with E-state index >= 15 is 0 Å². The lowest BCUT2D eigenvalue weighted by Gasteiger charge is -2.38. The van der Waals surface area contributed by atoms with E-state index in [4.69, 9.17) is 0 Å². The molecule has 18 heteroatoms. The van der Waals surface area contributed by atoms with E-state index in [1.807, 2.05) is 0 Å². The maximum absolute atomic E-state index is 13.5. The first-order chi connectivity index (χ1) is 15.9. The lowest BCUT2D eigenvalue weighted by atomic mass is 9.86. The molecule has 4 nitrogen and oxygen atoms in total. The first kappa shape index (κ1) is 30.7. The van der Waals surface area contributed by atoms with Crippen molar-refractivity contribution in [3.05, 3.63) is 60.2 Å². The molecule has 0 heterocycles. The van der Waals surface area contributed by atoms with Gasteiger partial charge in [-0.3, -0.25) is 0 Å². The number of benzene rings is 1. The van der Waals surface area contributed by atoms with Crippen LogP contribution < -0.4 is 0 Å². The molecule has 0 atom stereocenters. The Morgan fingerprint density at radius 1 is 0.528 bits per heavy atom. The van der Waals surface area contributed by atoms with E-state index in [0.29, 0.717) is 0 Å². The number of carbonyl (C=O) groups is 2. The summed E-state index contributed by atoms with van der Waals surface area (Å²) in [6, 6.07) is -2.58. The van der Waals surface area contributed by atoms with Gasteiger partial charge < -0.3 is 9.47 Å². The van der Waals surface area contributed by atoms with Crippen LogP contribution in [0.15, 0.2) is 49.1 Å². The van der Waals surface area contributed by atoms with Gasteiger partial charge in [0.1, 0.15) is 0 Å². The van der Waals surface area contributed by atoms with Crippen LogP contribution in [0.25, 0.3) is 0 Å². The second-order valence-electron chi connectivity index (χ2n) is 6.52. The minimum Gasteiger partial charge on any atom is -0.429 e. The predicted octanol–water partition coefficient (Wildman–Crippen LogP) is 6.38. The van der Waals surface area contributed by atoms with Gasteiger partial charge in [-0.1, -0.05) is 37.4 Å². The molecule has 0 aliphatic rings. The molecule has 0 unspecified atom stereocenters. The van der Waals surface area contributed by atoms with Gasteiger partial charge in [0, 0.05) is 11.1 Å². The van der Waals surface area contributed by atoms with Gasteiger partial charge in [-0.05, 0) is 0 Å². The van der Waals surface area contributed by atoms with Crippen molar-refractivity contribution in [3.63, 3.8) is 0 Å². The van der Waals surface area contributed by atoms with Crippen molar-refractivity contribution in [2.24, 2.45) is 0 Å². The standard InChI is InChI=1S/C18H8F14O4/c1-7(19)11(33)35-13(15(21,22)23,16(24,25)26)9-3-5-10(6-4-9)14(17(27,28)29,18(30,31)32)36-12(34)8(2)20/h3-6H,1-2H2. The van der Waals surface area contributed by atoms with Crippen molar-refractivity contribution in [2.45, 2.75) is 35.9 Å². The van der Waals surface area contributed by atoms with Crippen LogP contribution in [0.1, 0.15) is 11.1 Å². The van der Waals surface area contributed by atoms with Crippen LogP contribution >= 0.6 is 0 Å². The smallest absolute Gasteiger partial charge is 0.429 e. The van der Waals surface area contributed by atoms with Crippen LogP contribution in [-0.2, 0) is 30.3 Å². The van der Waals surface area contributed by atoms with Crippen LogP contribution in [0, 0.1) is 0 Å². The third kappa shape index (κ3) is 5.11. The Bertz CT molecular complexity index is 917. The zero-order valence-electron chi connectivity index (χ0n) is 16.6. The van der Waals surface area contributed by atoms with Crippen LogP contribution in [0.4, 0.5) is 61.5 Å². The molecule has 0 saturated heterocycles. The Balaban J connectivity index is 4.02. The van der Waals surface area contributed by atoms with Crippen molar-refractivity contribution in [1.82, 2.24) is 0 Å². The maximum atomic E-state index is 13.5. The lowest BCUT2D eigenvalue weighted by Crippen LogP contribution is -2.58. The quantitative estimate of drug-likeness (QED) is 0.233. The highest BCUT2D eigenvalue weighted by atomic mass is 19.4. The normalized spacial score (nSPS) is 13.7. The van der Waals surface area contributed by atoms with Crippen molar-refractivity contribution >= 4 is 11.9 Å². The number of esters is 2. The second-order valence-corrected chi connectivity index (χ2v) is 6.52. The molecule has 0 radical (unpaired) electrons. The van der Waals surface area contributed by atoms with Crippen LogP contribution in [0.3, 0.4) is 0 Å². The van der Waals surface area contributed by atoms with Gasteiger partial charge in [0.2, 0.25) is 11.7 Å². The Kier molecular flexibility index (Phi) is 7.90. The fraction of sp³-hybridized carbons (Fsp3) is 0.333. The van der Waals surface area contributed by atoms with Gasteiger partial charge in [0.25, 0.3) is 0 Å². The number of ether oxygens (including phenoxy) is 2. The number of hydrogen-bond acceptors (Lipinski definition) is 4. The third-order valence-electron chi connectivity index (χ3n) is 4.23. The van der Waals surface area contributed by atoms with Crippen LogP contribution in [0.5, 0.6) is 0 Å². The predicted molar refractivity (Wildman–Crippen MR) is 86.7 cm³/mol. The molecule has 0 fully saturated rings. The Morgan fingerprint density at radius 2 is 0.722 bits per heavy atom. The topological polar surface area (TPSA) is 52.6 Å². The molecule has 0 spiro atoms. The third-order valence-corrected chi connectivity index (χ3v) is 4.23. The Morgan fingerprint density at radius 3 is 0.861 bits per heavy atom. The molecule has 1 rings (SSSR count). The molecule has 0 N–H and O–H groups in total. The molecule has 1 aromatic rings. The average Bonchev–Trinajstić information content (AvgIpc) is 2.65. The summed E-state index contributed by atoms with van der Waals surface area (Å²) in [5.74, 6) is -10.8. The summed E-state index contributed by atoms with van der Waals surface area (Å²) in [6.45, 7) is 4.25. The summed E-state index contributed by atoms with van der Waals surface area (Å²) in [5, 5.41) is 0. The van der Waals surface area contributed by atoms with Crippen molar-refractivity contribution in [1.29, 1.82) is 0 Å². The first-order valence-corrected chi connectivity index (χ1v) is 8.40. The van der Waals surface area contributed by atoms with E-state index in [0.717, 1.165) is 0 Å². The number of hydrogen-bond donors (Lipinski definition) is 0. The summed E-state index contributed by atoms with van der Waals surface area (Å²) in [4.78, 5) is 22.4. The molecular weight excluding hydrogens is 546 g/mol. The Labute approximate surface area is 189 Å². The summed E-state index contributed by atoms with van der Waals surface area (Å²) < 4.78 is 194. The number of halogens is 14. The zero-order valence-corrected chi connectivity index (χ0v) is 16.6. The fourth-order valence-electron chi connectivity index (χ4n) is 2.65. The van der Waals surface area contributed by atoms with Gasteiger partial charge in [0.05, 0.1) is 0 Å². The average molecular weight is 554 g/mol. The molecule has 0 aliphatic carbocycles. The maximum Gasteiger partial charge on any atom is 0.442 e. The molecule has 0 aromatic heterocycles. The number of rotatable bonds is 6. The molecule has 0 aliphatic heterocycles. The highest BCUT2D eigenvalue weighted by Gasteiger charge is 2.77. The van der Waals surface area contributed by atoms with Crippen molar-refractivity contribution in [3.8, 4) is 0 Å². The first-order valence-electron chi connectivity index (χ1n) is 8.40. The van der Waals surface area contributed by atoms with Gasteiger partial charge in [-0.15, -0.1) is 0 Å². The zero-order chi connectivity index (χ0) is 28.7. The molecule has 202 valence electrons. The van der Waals surface area contributed by atoms with Gasteiger partial charge >= 0.3 is 47.8 Å². The molecule has 0 bridgehead atoms. The van der Waals surface area contributed by atoms with Crippen LogP contribution in [-0.4, -0.2) is 36.6 Å². The summed E-state index contributed by atoms with van der Waals surface area (Å²) >= 11 is 0. The summed E-state index contributed by atoms with van der Waals surface area (Å²) in [6.07, 6.45) is -26.9. The molecular formula is C18H8F14O4. The largest absolute Gasteiger partial charge is 0.442 e. The van der Waals surface area contributed by atoms with E-state index in [1.165, 1.54) is 0 Å². The van der Waals surface area contributed by atoms with E-state index in [-0.39, 0.29) is 0 Å². The number of alkyl halides is 12. The summed E-state index contributed by atoms with van der Waals surface area (Å²) in [7, 11) is 0. The van der Waals surface area contributed by atoms with E-state index in [9.17, 15) is 71.1 Å². The minimum absolute atomic E-state index is 0.644. The van der Waals surface area contributed by atoms with Crippen molar-refractivity contribution in [2.75, 3.05) is 0 Å². The number of carbonyl (C=O) groups excluding carboxylic acids is 2. The van der Waals surface area contributed by atoms with E-state index in [1.54, 1.807) is 0 Å². The molecule has 1 aromatic carbocycles. The summed E-state index contributed by atoms with van der Waals surface area (Å²) in [5.41, 5.74) is -16.3. The highest BCUT2D eigenvalue weighted by molar-refractivity contribution is 5.86. The SMILES string of the molecule is C=C(F)C(=O)OC(c1ccc(C(OC(=O)C(=C)F)(C(F)(F)F)C(F)(F)F)cc1)(C(F)(F)F)C(F)(F)F. The van der Waals surface area contributed by atoms with E-state index < -0.39 is 94.9 Å². The van der Waals surface area contributed by atoms with Gasteiger partial charge in [-0.25, -0.2) is 9.59 Å². The van der Waals surface area contributed by atoms with Gasteiger partial charge in [0.15, 0.2) is 0 Å². The highest BCUT2D eigenvalue weighted by Crippen LogP contribution is 2.56. The molecule has 36 heavy (non-hydrogen) atoms. The Hall–Kier alpha value is -3.34. The van der Waals surface area contributed by atoms with Gasteiger partial charge in [-0.2, -0.15) is 61.5 Å². The molecule has 0 saturated carbocycles. The van der Waals surface area contributed by atoms with Crippen LogP contribution in [0.2, 0.25) is 0 Å². The minimum atomic E-state index is -6.72. The fourth-order valence-corrected chi connectivity index (χ4v) is 2.65. The lowest BCUT2D eigenvalue weighted by molar-refractivity contribution is -0.378. The second kappa shape index (κ2) is 9.27. The monoisotopic (exact) mass is 554 g/mol. The van der Waals surface area contributed by atoms with Crippen molar-refractivity contribution < 1.29 is 80.5 Å².